The van der Waals surface area contributed by atoms with Crippen LogP contribution in [0.15, 0.2) is 22.7 Å². The number of rotatable bonds is 2. The molecule has 0 amide bonds. The minimum absolute atomic E-state index is 0.702. The molecule has 1 saturated heterocycles. The Bertz CT molecular complexity index is 456. The molecule has 1 aromatic carbocycles. The largest absolute Gasteiger partial charge is 0.398 e. The predicted octanol–water partition coefficient (Wildman–Crippen LogP) is 4.58. The number of anilines is 1. The number of hydrogen-bond acceptors (Lipinski definition) is 2. The van der Waals surface area contributed by atoms with E-state index in [1.807, 2.05) is 0 Å². The Hall–Kier alpha value is -0.540. The van der Waals surface area contributed by atoms with Crippen LogP contribution < -0.4 is 5.73 Å². The number of nitrogens with two attached hydrogens (primary N) is 1. The van der Waals surface area contributed by atoms with E-state index in [0.29, 0.717) is 5.41 Å². The van der Waals surface area contributed by atoms with Gasteiger partial charge in [0.05, 0.1) is 0 Å². The van der Waals surface area contributed by atoms with Crippen molar-refractivity contribution in [2.45, 2.75) is 51.5 Å². The van der Waals surface area contributed by atoms with Gasteiger partial charge in [-0.25, -0.2) is 0 Å². The van der Waals surface area contributed by atoms with E-state index in [1.165, 1.54) is 63.6 Å². The molecule has 110 valence electrons. The lowest BCUT2D eigenvalue weighted by Crippen LogP contribution is -2.40. The van der Waals surface area contributed by atoms with Gasteiger partial charge in [0.2, 0.25) is 0 Å². The standard InChI is InChI=1S/C17H25BrN2/c18-15-5-4-14(12-16(15)19)13-20-10-8-17(9-11-20)6-2-1-3-7-17/h4-5,12H,1-3,6-11,13,19H2. The molecule has 1 heterocycles. The van der Waals surface area contributed by atoms with Crippen molar-refractivity contribution < 1.29 is 0 Å². The molecule has 2 aliphatic rings. The third-order valence-electron chi connectivity index (χ3n) is 5.30. The smallest absolute Gasteiger partial charge is 0.0461 e. The molecule has 3 heteroatoms. The topological polar surface area (TPSA) is 29.3 Å². The van der Waals surface area contributed by atoms with E-state index in [9.17, 15) is 0 Å². The molecule has 0 atom stereocenters. The first-order valence-electron chi connectivity index (χ1n) is 7.93. The molecule has 1 aromatic rings. The zero-order valence-corrected chi connectivity index (χ0v) is 13.8. The summed E-state index contributed by atoms with van der Waals surface area (Å²) in [5, 5.41) is 0. The van der Waals surface area contributed by atoms with E-state index in [2.05, 4.69) is 39.0 Å². The van der Waals surface area contributed by atoms with Crippen molar-refractivity contribution >= 4 is 21.6 Å². The molecule has 2 N–H and O–H groups in total. The van der Waals surface area contributed by atoms with Gasteiger partial charge in [0.15, 0.2) is 0 Å². The fourth-order valence-electron chi connectivity index (χ4n) is 3.94. The normalized spacial score (nSPS) is 23.1. The summed E-state index contributed by atoms with van der Waals surface area (Å²) in [4.78, 5) is 2.60. The minimum atomic E-state index is 0.702. The third-order valence-corrected chi connectivity index (χ3v) is 6.02. The lowest BCUT2D eigenvalue weighted by atomic mass is 9.68. The highest BCUT2D eigenvalue weighted by Gasteiger charge is 2.35. The second kappa shape index (κ2) is 6.07. The first-order valence-corrected chi connectivity index (χ1v) is 8.73. The number of halogens is 1. The van der Waals surface area contributed by atoms with E-state index in [1.54, 1.807) is 0 Å². The molecule has 1 spiro atoms. The highest BCUT2D eigenvalue weighted by molar-refractivity contribution is 9.10. The van der Waals surface area contributed by atoms with Crippen molar-refractivity contribution in [1.82, 2.24) is 4.90 Å². The van der Waals surface area contributed by atoms with Crippen molar-refractivity contribution in [3.63, 3.8) is 0 Å². The second-order valence-corrected chi connectivity index (χ2v) is 7.55. The highest BCUT2D eigenvalue weighted by atomic mass is 79.9. The van der Waals surface area contributed by atoms with Crippen molar-refractivity contribution in [3.05, 3.63) is 28.2 Å². The van der Waals surface area contributed by atoms with Gasteiger partial charge in [0, 0.05) is 16.7 Å². The summed E-state index contributed by atoms with van der Waals surface area (Å²) in [5.74, 6) is 0. The average molecular weight is 337 g/mol. The SMILES string of the molecule is Nc1cc(CN2CCC3(CCCCC3)CC2)ccc1Br. The van der Waals surface area contributed by atoms with Crippen molar-refractivity contribution in [1.29, 1.82) is 0 Å². The van der Waals surface area contributed by atoms with Gasteiger partial charge in [-0.1, -0.05) is 25.3 Å². The van der Waals surface area contributed by atoms with Crippen molar-refractivity contribution in [3.8, 4) is 0 Å². The Kier molecular flexibility index (Phi) is 4.37. The van der Waals surface area contributed by atoms with Gasteiger partial charge >= 0.3 is 0 Å². The van der Waals surface area contributed by atoms with Gasteiger partial charge < -0.3 is 5.73 Å². The molecule has 0 aromatic heterocycles. The van der Waals surface area contributed by atoms with Gasteiger partial charge in [-0.2, -0.15) is 0 Å². The lowest BCUT2D eigenvalue weighted by molar-refractivity contribution is 0.0641. The molecule has 3 rings (SSSR count). The summed E-state index contributed by atoms with van der Waals surface area (Å²) in [6.45, 7) is 3.57. The summed E-state index contributed by atoms with van der Waals surface area (Å²) in [5.41, 5.74) is 8.86. The highest BCUT2D eigenvalue weighted by Crippen LogP contribution is 2.44. The molecular formula is C17H25BrN2. The minimum Gasteiger partial charge on any atom is -0.398 e. The maximum Gasteiger partial charge on any atom is 0.0461 e. The van der Waals surface area contributed by atoms with Crippen molar-refractivity contribution in [2.75, 3.05) is 18.8 Å². The average Bonchev–Trinajstić information content (AvgIpc) is 2.47. The van der Waals surface area contributed by atoms with E-state index in [4.69, 9.17) is 5.73 Å². The van der Waals surface area contributed by atoms with Crippen LogP contribution in [0, 0.1) is 5.41 Å². The number of nitrogens with zero attached hydrogens (tertiary/aromatic N) is 1. The van der Waals surface area contributed by atoms with Gasteiger partial charge in [0.1, 0.15) is 0 Å². The molecule has 1 aliphatic heterocycles. The fraction of sp³-hybridized carbons (Fsp3) is 0.647. The lowest BCUT2D eigenvalue weighted by Gasteiger charge is -2.44. The summed E-state index contributed by atoms with van der Waals surface area (Å²) in [7, 11) is 0. The molecule has 1 aliphatic carbocycles. The molecule has 0 radical (unpaired) electrons. The molecule has 2 fully saturated rings. The van der Waals surface area contributed by atoms with E-state index in [0.717, 1.165) is 16.7 Å². The van der Waals surface area contributed by atoms with Crippen LogP contribution in [0.1, 0.15) is 50.5 Å². The Balaban J connectivity index is 1.56. The van der Waals surface area contributed by atoms with Crippen LogP contribution >= 0.6 is 15.9 Å². The molecule has 20 heavy (non-hydrogen) atoms. The zero-order chi connectivity index (χ0) is 14.0. The predicted molar refractivity (Wildman–Crippen MR) is 88.6 cm³/mol. The van der Waals surface area contributed by atoms with E-state index >= 15 is 0 Å². The van der Waals surface area contributed by atoms with Gasteiger partial charge in [-0.05, 0) is 77.8 Å². The first-order chi connectivity index (χ1) is 9.67. The van der Waals surface area contributed by atoms with Crippen LogP contribution in [0.2, 0.25) is 0 Å². The summed E-state index contributed by atoms with van der Waals surface area (Å²) >= 11 is 3.46. The number of likely N-dealkylation sites (tertiary alicyclic amines) is 1. The Morgan fingerprint density at radius 1 is 1.05 bits per heavy atom. The van der Waals surface area contributed by atoms with Crippen LogP contribution in [0.3, 0.4) is 0 Å². The zero-order valence-electron chi connectivity index (χ0n) is 12.2. The Labute approximate surface area is 130 Å². The summed E-state index contributed by atoms with van der Waals surface area (Å²) in [6, 6.07) is 6.36. The van der Waals surface area contributed by atoms with Crippen molar-refractivity contribution in [2.24, 2.45) is 5.41 Å². The van der Waals surface area contributed by atoms with Crippen LogP contribution in [0.25, 0.3) is 0 Å². The number of hydrogen-bond donors (Lipinski definition) is 1. The fourth-order valence-corrected chi connectivity index (χ4v) is 4.18. The third kappa shape index (κ3) is 3.20. The van der Waals surface area contributed by atoms with Crippen LogP contribution in [0.4, 0.5) is 5.69 Å². The van der Waals surface area contributed by atoms with Gasteiger partial charge in [0.25, 0.3) is 0 Å². The first kappa shape index (κ1) is 14.4. The number of piperidine rings is 1. The van der Waals surface area contributed by atoms with Crippen LogP contribution in [0.5, 0.6) is 0 Å². The Morgan fingerprint density at radius 2 is 1.75 bits per heavy atom. The maximum atomic E-state index is 5.97. The van der Waals surface area contributed by atoms with Crippen LogP contribution in [-0.4, -0.2) is 18.0 Å². The maximum absolute atomic E-state index is 5.97. The quantitative estimate of drug-likeness (QED) is 0.801. The second-order valence-electron chi connectivity index (χ2n) is 6.69. The Morgan fingerprint density at radius 3 is 2.40 bits per heavy atom. The summed E-state index contributed by atoms with van der Waals surface area (Å²) < 4.78 is 1.00. The molecule has 0 bridgehead atoms. The van der Waals surface area contributed by atoms with Crippen LogP contribution in [-0.2, 0) is 6.54 Å². The number of benzene rings is 1. The molecule has 2 nitrogen and oxygen atoms in total. The van der Waals surface area contributed by atoms with E-state index < -0.39 is 0 Å². The molecule has 1 saturated carbocycles. The summed E-state index contributed by atoms with van der Waals surface area (Å²) in [6.07, 6.45) is 10.1. The number of nitrogen functional groups attached to an aromatic ring is 1. The monoisotopic (exact) mass is 336 g/mol. The molecular weight excluding hydrogens is 312 g/mol. The van der Waals surface area contributed by atoms with Gasteiger partial charge in [-0.3, -0.25) is 4.90 Å². The van der Waals surface area contributed by atoms with E-state index in [-0.39, 0.29) is 0 Å². The van der Waals surface area contributed by atoms with Gasteiger partial charge in [-0.15, -0.1) is 0 Å². The molecule has 0 unspecified atom stereocenters.